The minimum Gasteiger partial charge on any atom is -0.337 e. The second-order valence-corrected chi connectivity index (χ2v) is 5.47. The predicted octanol–water partition coefficient (Wildman–Crippen LogP) is 3.98. The normalized spacial score (nSPS) is 12.4. The van der Waals surface area contributed by atoms with Gasteiger partial charge in [0.15, 0.2) is 0 Å². The van der Waals surface area contributed by atoms with E-state index in [4.69, 9.17) is 4.52 Å². The van der Waals surface area contributed by atoms with E-state index in [1.807, 2.05) is 0 Å². The van der Waals surface area contributed by atoms with Gasteiger partial charge in [0.1, 0.15) is 6.54 Å². The zero-order valence-electron chi connectivity index (χ0n) is 13.2. The van der Waals surface area contributed by atoms with E-state index in [1.165, 1.54) is 6.07 Å². The number of benzene rings is 1. The average molecular weight is 389 g/mol. The number of pyridine rings is 1. The monoisotopic (exact) mass is 389 g/mol. The molecule has 0 unspecified atom stereocenters. The molecule has 0 fully saturated rings. The minimum absolute atomic E-state index is 0.0104. The molecule has 2 aromatic heterocycles. The molecule has 11 heteroatoms. The summed E-state index contributed by atoms with van der Waals surface area (Å²) in [5.74, 6) is -0.417. The van der Waals surface area contributed by atoms with Crippen LogP contribution in [0.4, 0.5) is 26.3 Å². The lowest BCUT2D eigenvalue weighted by atomic mass is 10.1. The first-order chi connectivity index (χ1) is 12.5. The van der Waals surface area contributed by atoms with Gasteiger partial charge in [0, 0.05) is 17.8 Å². The summed E-state index contributed by atoms with van der Waals surface area (Å²) in [6.45, 7) is -0.464. The maximum absolute atomic E-state index is 12.8. The lowest BCUT2D eigenvalue weighted by Crippen LogP contribution is -2.22. The molecule has 0 N–H and O–H groups in total. The standard InChI is InChI=1S/C16H9F6N3O2/c17-15(18,19)10-3-1-2-9(6-10)14-23-12(27-24-14)8-25-7-11(16(20,21)22)4-5-13(25)26/h1-7H,8H2. The summed E-state index contributed by atoms with van der Waals surface area (Å²) in [5.41, 5.74) is -2.68. The quantitative estimate of drug-likeness (QED) is 0.636. The van der Waals surface area contributed by atoms with Gasteiger partial charge in [-0.25, -0.2) is 0 Å². The Morgan fingerprint density at radius 2 is 1.67 bits per heavy atom. The van der Waals surface area contributed by atoms with Crippen LogP contribution in [0.5, 0.6) is 0 Å². The maximum Gasteiger partial charge on any atom is 0.417 e. The first kappa shape index (κ1) is 18.7. The number of hydrogen-bond donors (Lipinski definition) is 0. The number of rotatable bonds is 3. The topological polar surface area (TPSA) is 60.9 Å². The van der Waals surface area contributed by atoms with Crippen LogP contribution >= 0.6 is 0 Å². The van der Waals surface area contributed by atoms with Crippen molar-refractivity contribution in [2.75, 3.05) is 0 Å². The van der Waals surface area contributed by atoms with Crippen LogP contribution in [-0.2, 0) is 18.9 Å². The van der Waals surface area contributed by atoms with Gasteiger partial charge in [-0.2, -0.15) is 31.3 Å². The summed E-state index contributed by atoms with van der Waals surface area (Å²) in [4.78, 5) is 15.6. The molecule has 0 saturated heterocycles. The van der Waals surface area contributed by atoms with Crippen molar-refractivity contribution in [2.45, 2.75) is 18.9 Å². The fraction of sp³-hybridized carbons (Fsp3) is 0.188. The van der Waals surface area contributed by atoms with Gasteiger partial charge in [-0.05, 0) is 18.2 Å². The zero-order valence-corrected chi connectivity index (χ0v) is 13.2. The van der Waals surface area contributed by atoms with Crippen molar-refractivity contribution < 1.29 is 30.9 Å². The molecule has 0 spiro atoms. The molecule has 0 atom stereocenters. The number of aromatic nitrogens is 3. The Morgan fingerprint density at radius 3 is 2.33 bits per heavy atom. The highest BCUT2D eigenvalue weighted by Gasteiger charge is 2.32. The van der Waals surface area contributed by atoms with Crippen molar-refractivity contribution in [1.82, 2.24) is 14.7 Å². The van der Waals surface area contributed by atoms with Crippen LogP contribution in [-0.4, -0.2) is 14.7 Å². The average Bonchev–Trinajstić information content (AvgIpc) is 3.04. The van der Waals surface area contributed by atoms with Crippen LogP contribution < -0.4 is 5.56 Å². The molecule has 142 valence electrons. The first-order valence-corrected chi connectivity index (χ1v) is 7.32. The summed E-state index contributed by atoms with van der Waals surface area (Å²) in [7, 11) is 0. The number of alkyl halides is 6. The molecule has 1 aromatic carbocycles. The highest BCUT2D eigenvalue weighted by atomic mass is 19.4. The van der Waals surface area contributed by atoms with E-state index in [2.05, 4.69) is 10.1 Å². The maximum atomic E-state index is 12.8. The molecular weight excluding hydrogens is 380 g/mol. The Morgan fingerprint density at radius 1 is 0.963 bits per heavy atom. The number of nitrogens with zero attached hydrogens (tertiary/aromatic N) is 3. The van der Waals surface area contributed by atoms with E-state index in [-0.39, 0.29) is 17.3 Å². The lowest BCUT2D eigenvalue weighted by molar-refractivity contribution is -0.138. The van der Waals surface area contributed by atoms with Gasteiger partial charge in [-0.3, -0.25) is 4.79 Å². The summed E-state index contributed by atoms with van der Waals surface area (Å²) in [5, 5.41) is 3.52. The van der Waals surface area contributed by atoms with Gasteiger partial charge in [0.2, 0.25) is 11.7 Å². The molecule has 27 heavy (non-hydrogen) atoms. The third-order valence-electron chi connectivity index (χ3n) is 3.53. The van der Waals surface area contributed by atoms with E-state index >= 15 is 0 Å². The third-order valence-corrected chi connectivity index (χ3v) is 3.53. The summed E-state index contributed by atoms with van der Waals surface area (Å²) in [6.07, 6.45) is -8.61. The second-order valence-electron chi connectivity index (χ2n) is 5.47. The smallest absolute Gasteiger partial charge is 0.337 e. The Bertz CT molecular complexity index is 1020. The van der Waals surface area contributed by atoms with Crippen molar-refractivity contribution in [3.8, 4) is 11.4 Å². The van der Waals surface area contributed by atoms with Crippen LogP contribution in [0.2, 0.25) is 0 Å². The lowest BCUT2D eigenvalue weighted by Gasteiger charge is -2.08. The van der Waals surface area contributed by atoms with Gasteiger partial charge in [-0.15, -0.1) is 0 Å². The third kappa shape index (κ3) is 4.18. The fourth-order valence-electron chi connectivity index (χ4n) is 2.24. The molecule has 0 radical (unpaired) electrons. The van der Waals surface area contributed by atoms with Gasteiger partial charge in [0.05, 0.1) is 11.1 Å². The summed E-state index contributed by atoms with van der Waals surface area (Å²) >= 11 is 0. The highest BCUT2D eigenvalue weighted by molar-refractivity contribution is 5.55. The molecule has 0 aliphatic carbocycles. The van der Waals surface area contributed by atoms with E-state index in [0.717, 1.165) is 24.3 Å². The van der Waals surface area contributed by atoms with Crippen LogP contribution in [0.1, 0.15) is 17.0 Å². The summed E-state index contributed by atoms with van der Waals surface area (Å²) < 4.78 is 82.1. The molecule has 0 bridgehead atoms. The van der Waals surface area contributed by atoms with Crippen LogP contribution in [0.3, 0.4) is 0 Å². The molecule has 0 amide bonds. The van der Waals surface area contributed by atoms with E-state index in [9.17, 15) is 31.1 Å². The van der Waals surface area contributed by atoms with Crippen LogP contribution in [0.15, 0.2) is 51.9 Å². The summed E-state index contributed by atoms with van der Waals surface area (Å²) in [6, 6.07) is 5.54. The minimum atomic E-state index is -4.65. The molecule has 2 heterocycles. The largest absolute Gasteiger partial charge is 0.417 e. The molecule has 3 rings (SSSR count). The van der Waals surface area contributed by atoms with Crippen LogP contribution in [0, 0.1) is 0 Å². The Balaban J connectivity index is 1.89. The van der Waals surface area contributed by atoms with Gasteiger partial charge in [0.25, 0.3) is 5.56 Å². The van der Waals surface area contributed by atoms with Crippen molar-refractivity contribution in [1.29, 1.82) is 0 Å². The number of halogens is 6. The molecule has 0 aliphatic heterocycles. The van der Waals surface area contributed by atoms with Crippen molar-refractivity contribution in [3.05, 3.63) is 70.0 Å². The van der Waals surface area contributed by atoms with E-state index in [1.54, 1.807) is 0 Å². The highest BCUT2D eigenvalue weighted by Crippen LogP contribution is 2.31. The molecular formula is C16H9F6N3O2. The Kier molecular flexibility index (Phi) is 4.54. The van der Waals surface area contributed by atoms with Gasteiger partial charge < -0.3 is 9.09 Å². The van der Waals surface area contributed by atoms with Gasteiger partial charge in [-0.1, -0.05) is 17.3 Å². The number of hydrogen-bond acceptors (Lipinski definition) is 4. The second kappa shape index (κ2) is 6.56. The first-order valence-electron chi connectivity index (χ1n) is 7.32. The Hall–Kier alpha value is -3.11. The fourth-order valence-corrected chi connectivity index (χ4v) is 2.24. The predicted molar refractivity (Wildman–Crippen MR) is 79.5 cm³/mol. The molecule has 0 saturated carbocycles. The van der Waals surface area contributed by atoms with Crippen molar-refractivity contribution >= 4 is 0 Å². The van der Waals surface area contributed by atoms with Crippen molar-refractivity contribution in [2.24, 2.45) is 0 Å². The SMILES string of the molecule is O=c1ccc(C(F)(F)F)cn1Cc1nc(-c2cccc(C(F)(F)F)c2)no1. The van der Waals surface area contributed by atoms with Crippen LogP contribution in [0.25, 0.3) is 11.4 Å². The van der Waals surface area contributed by atoms with E-state index in [0.29, 0.717) is 16.8 Å². The molecule has 5 nitrogen and oxygen atoms in total. The zero-order chi connectivity index (χ0) is 19.8. The Labute approximate surface area is 146 Å². The van der Waals surface area contributed by atoms with Gasteiger partial charge >= 0.3 is 12.4 Å². The molecule has 0 aliphatic rings. The van der Waals surface area contributed by atoms with E-state index < -0.39 is 35.6 Å². The van der Waals surface area contributed by atoms with Crippen molar-refractivity contribution in [3.63, 3.8) is 0 Å². The molecule has 3 aromatic rings.